The van der Waals surface area contributed by atoms with Gasteiger partial charge >= 0.3 is 0 Å². The molecule has 1 saturated carbocycles. The topological polar surface area (TPSA) is 46.3 Å². The molecule has 0 radical (unpaired) electrons. The third-order valence-electron chi connectivity index (χ3n) is 4.52. The van der Waals surface area contributed by atoms with E-state index in [0.717, 1.165) is 36.0 Å². The van der Waals surface area contributed by atoms with Gasteiger partial charge in [0.2, 0.25) is 5.91 Å². The van der Waals surface area contributed by atoms with Gasteiger partial charge in [-0.25, -0.2) is 0 Å². The number of nitrogens with zero attached hydrogens (tertiary/aromatic N) is 1. The minimum absolute atomic E-state index is 0.262. The Morgan fingerprint density at radius 3 is 2.35 bits per heavy atom. The minimum Gasteiger partial charge on any atom is -0.342 e. The zero-order valence-corrected chi connectivity index (χ0v) is 13.2. The molecule has 2 unspecified atom stereocenters. The fraction of sp³-hybridized carbons (Fsp3) is 0.562. The van der Waals surface area contributed by atoms with E-state index in [0.29, 0.717) is 24.3 Å². The first-order valence-corrected chi connectivity index (χ1v) is 8.17. The van der Waals surface area contributed by atoms with Crippen LogP contribution in [0.5, 0.6) is 0 Å². The Labute approximate surface area is 128 Å². The van der Waals surface area contributed by atoms with Gasteiger partial charge in [-0.3, -0.25) is 4.79 Å². The van der Waals surface area contributed by atoms with Crippen molar-refractivity contribution in [3.05, 3.63) is 34.3 Å². The van der Waals surface area contributed by atoms with E-state index in [2.05, 4.69) is 20.8 Å². The third kappa shape index (κ3) is 3.23. The quantitative estimate of drug-likeness (QED) is 0.902. The molecule has 2 aliphatic rings. The molecule has 0 spiro atoms. The smallest absolute Gasteiger partial charge is 0.227 e. The van der Waals surface area contributed by atoms with Crippen LogP contribution >= 0.6 is 15.9 Å². The van der Waals surface area contributed by atoms with Gasteiger partial charge in [0, 0.05) is 23.6 Å². The number of halogens is 1. The molecule has 108 valence electrons. The van der Waals surface area contributed by atoms with E-state index in [1.54, 1.807) is 0 Å². The number of amides is 1. The number of likely N-dealkylation sites (tertiary alicyclic amines) is 1. The van der Waals surface area contributed by atoms with Crippen LogP contribution in [-0.2, 0) is 11.2 Å². The second-order valence-electron chi connectivity index (χ2n) is 6.30. The van der Waals surface area contributed by atoms with E-state index in [4.69, 9.17) is 5.73 Å². The highest BCUT2D eigenvalue weighted by Crippen LogP contribution is 2.34. The highest BCUT2D eigenvalue weighted by atomic mass is 79.9. The van der Waals surface area contributed by atoms with Crippen molar-refractivity contribution in [2.75, 3.05) is 13.1 Å². The summed E-state index contributed by atoms with van der Waals surface area (Å²) in [5.41, 5.74) is 7.16. The van der Waals surface area contributed by atoms with Gasteiger partial charge in [-0.15, -0.1) is 0 Å². The lowest BCUT2D eigenvalue weighted by atomic mass is 9.75. The molecule has 0 aromatic heterocycles. The van der Waals surface area contributed by atoms with Gasteiger partial charge in [0.1, 0.15) is 0 Å². The Morgan fingerprint density at radius 1 is 1.15 bits per heavy atom. The van der Waals surface area contributed by atoms with Gasteiger partial charge in [0.25, 0.3) is 0 Å². The first-order chi connectivity index (χ1) is 9.60. The normalized spacial score (nSPS) is 29.3. The summed E-state index contributed by atoms with van der Waals surface area (Å²) in [5, 5.41) is 0. The van der Waals surface area contributed by atoms with Crippen LogP contribution in [0.4, 0.5) is 0 Å². The summed E-state index contributed by atoms with van der Waals surface area (Å²) in [4.78, 5) is 14.5. The number of hydrogen-bond donors (Lipinski definition) is 1. The summed E-state index contributed by atoms with van der Waals surface area (Å²) in [6.45, 7) is 1.80. The number of hydrogen-bond acceptors (Lipinski definition) is 2. The first-order valence-electron chi connectivity index (χ1n) is 7.38. The van der Waals surface area contributed by atoms with E-state index in [1.807, 2.05) is 24.3 Å². The number of fused-ring (bicyclic) bond motifs is 2. The Morgan fingerprint density at radius 2 is 1.75 bits per heavy atom. The fourth-order valence-electron chi connectivity index (χ4n) is 3.70. The molecule has 4 heteroatoms. The standard InChI is InChI=1S/C16H21BrN2O/c17-14-3-1-11(2-4-14)8-16(20)19-9-12-5-13(10-19)7-15(18)6-12/h1-4,12-13,15H,5-10,18H2. The Balaban J connectivity index is 1.62. The third-order valence-corrected chi connectivity index (χ3v) is 5.05. The number of carbonyl (C=O) groups excluding carboxylic acids is 1. The van der Waals surface area contributed by atoms with E-state index in [9.17, 15) is 4.79 Å². The lowest BCUT2D eigenvalue weighted by Crippen LogP contribution is -2.50. The van der Waals surface area contributed by atoms with Crippen molar-refractivity contribution in [3.63, 3.8) is 0 Å². The Bertz CT molecular complexity index is 470. The number of nitrogens with two attached hydrogens (primary N) is 1. The van der Waals surface area contributed by atoms with Crippen molar-refractivity contribution >= 4 is 21.8 Å². The molecule has 2 N–H and O–H groups in total. The highest BCUT2D eigenvalue weighted by molar-refractivity contribution is 9.10. The van der Waals surface area contributed by atoms with E-state index in [-0.39, 0.29) is 5.91 Å². The van der Waals surface area contributed by atoms with Gasteiger partial charge in [-0.2, -0.15) is 0 Å². The summed E-state index contributed by atoms with van der Waals surface area (Å²) in [7, 11) is 0. The van der Waals surface area contributed by atoms with Gasteiger partial charge in [0.05, 0.1) is 6.42 Å². The van der Waals surface area contributed by atoms with Crippen molar-refractivity contribution < 1.29 is 4.79 Å². The van der Waals surface area contributed by atoms with Crippen LogP contribution < -0.4 is 5.73 Å². The molecule has 1 heterocycles. The van der Waals surface area contributed by atoms with Crippen LogP contribution in [0, 0.1) is 11.8 Å². The molecule has 20 heavy (non-hydrogen) atoms. The lowest BCUT2D eigenvalue weighted by Gasteiger charge is -2.43. The Hall–Kier alpha value is -0.870. The lowest BCUT2D eigenvalue weighted by molar-refractivity contribution is -0.134. The van der Waals surface area contributed by atoms with Gasteiger partial charge in [0.15, 0.2) is 0 Å². The SMILES string of the molecule is NC1CC2CC(C1)CN(C(=O)Cc1ccc(Br)cc1)C2. The van der Waals surface area contributed by atoms with Gasteiger partial charge in [-0.05, 0) is 48.8 Å². The number of benzene rings is 1. The van der Waals surface area contributed by atoms with Crippen LogP contribution in [0.15, 0.2) is 28.7 Å². The second kappa shape index (κ2) is 5.86. The van der Waals surface area contributed by atoms with Crippen molar-refractivity contribution in [2.45, 2.75) is 31.7 Å². The largest absolute Gasteiger partial charge is 0.342 e. The van der Waals surface area contributed by atoms with E-state index in [1.165, 1.54) is 6.42 Å². The van der Waals surface area contributed by atoms with Crippen molar-refractivity contribution in [1.82, 2.24) is 4.90 Å². The number of carbonyl (C=O) groups is 1. The van der Waals surface area contributed by atoms with Crippen LogP contribution in [0.25, 0.3) is 0 Å². The average molecular weight is 337 g/mol. The van der Waals surface area contributed by atoms with E-state index < -0.39 is 0 Å². The average Bonchev–Trinajstić information content (AvgIpc) is 2.40. The summed E-state index contributed by atoms with van der Waals surface area (Å²) in [6.07, 6.45) is 3.94. The summed E-state index contributed by atoms with van der Waals surface area (Å²) in [6, 6.07) is 8.37. The van der Waals surface area contributed by atoms with Crippen molar-refractivity contribution in [1.29, 1.82) is 0 Å². The maximum Gasteiger partial charge on any atom is 0.227 e. The first kappa shape index (κ1) is 14.1. The number of rotatable bonds is 2. The maximum atomic E-state index is 12.4. The zero-order chi connectivity index (χ0) is 14.1. The number of piperidine rings is 1. The van der Waals surface area contributed by atoms with Crippen LogP contribution in [0.1, 0.15) is 24.8 Å². The summed E-state index contributed by atoms with van der Waals surface area (Å²) >= 11 is 3.42. The second-order valence-corrected chi connectivity index (χ2v) is 7.22. The van der Waals surface area contributed by atoms with Crippen LogP contribution in [-0.4, -0.2) is 29.9 Å². The molecule has 2 fully saturated rings. The molecule has 3 nitrogen and oxygen atoms in total. The summed E-state index contributed by atoms with van der Waals surface area (Å²) < 4.78 is 1.05. The Kier molecular flexibility index (Phi) is 4.13. The van der Waals surface area contributed by atoms with Crippen molar-refractivity contribution in [3.8, 4) is 0 Å². The molecule has 1 aromatic rings. The summed E-state index contributed by atoms with van der Waals surface area (Å²) in [5.74, 6) is 1.50. The maximum absolute atomic E-state index is 12.4. The molecule has 2 bridgehead atoms. The molecule has 1 amide bonds. The predicted octanol–water partition coefficient (Wildman–Crippen LogP) is 2.58. The minimum atomic E-state index is 0.262. The van der Waals surface area contributed by atoms with Crippen LogP contribution in [0.2, 0.25) is 0 Å². The predicted molar refractivity (Wildman–Crippen MR) is 83.2 cm³/mol. The fourth-order valence-corrected chi connectivity index (χ4v) is 3.97. The molecule has 3 rings (SSSR count). The molecule has 1 aromatic carbocycles. The monoisotopic (exact) mass is 336 g/mol. The highest BCUT2D eigenvalue weighted by Gasteiger charge is 2.35. The molecular formula is C16H21BrN2O. The molecule has 1 saturated heterocycles. The van der Waals surface area contributed by atoms with Crippen molar-refractivity contribution in [2.24, 2.45) is 17.6 Å². The van der Waals surface area contributed by atoms with Gasteiger partial charge < -0.3 is 10.6 Å². The molecular weight excluding hydrogens is 316 g/mol. The van der Waals surface area contributed by atoms with Gasteiger partial charge in [-0.1, -0.05) is 28.1 Å². The van der Waals surface area contributed by atoms with Crippen LogP contribution in [0.3, 0.4) is 0 Å². The molecule has 1 aliphatic heterocycles. The van der Waals surface area contributed by atoms with E-state index >= 15 is 0 Å². The molecule has 1 aliphatic carbocycles. The zero-order valence-electron chi connectivity index (χ0n) is 11.6. The molecule has 2 atom stereocenters.